The lowest BCUT2D eigenvalue weighted by molar-refractivity contribution is 0.357. The number of piperazine rings is 1. The van der Waals surface area contributed by atoms with E-state index in [9.17, 15) is 4.39 Å². The molecule has 122 valence electrons. The number of nitrogens with two attached hydrogens (primary N) is 1. The Labute approximate surface area is 132 Å². The summed E-state index contributed by atoms with van der Waals surface area (Å²) in [5.41, 5.74) is 7.13. The summed E-state index contributed by atoms with van der Waals surface area (Å²) in [4.78, 5) is 11.0. The van der Waals surface area contributed by atoms with E-state index < -0.39 is 0 Å². The molecular formula is C16H26FN5. The second-order valence-corrected chi connectivity index (χ2v) is 5.59. The van der Waals surface area contributed by atoms with Gasteiger partial charge in [0.05, 0.1) is 6.54 Å². The second-order valence-electron chi connectivity index (χ2n) is 5.59. The van der Waals surface area contributed by atoms with Crippen LogP contribution < -0.4 is 10.6 Å². The lowest BCUT2D eigenvalue weighted by atomic mass is 10.2. The molecule has 1 heterocycles. The number of hydrogen-bond acceptors (Lipinski definition) is 3. The van der Waals surface area contributed by atoms with Crippen LogP contribution in [0.2, 0.25) is 0 Å². The third kappa shape index (κ3) is 4.59. The van der Waals surface area contributed by atoms with E-state index in [1.54, 1.807) is 0 Å². The molecule has 22 heavy (non-hydrogen) atoms. The number of halogens is 1. The van der Waals surface area contributed by atoms with Gasteiger partial charge in [-0.25, -0.2) is 4.39 Å². The zero-order chi connectivity index (χ0) is 15.9. The third-order valence-corrected chi connectivity index (χ3v) is 4.09. The van der Waals surface area contributed by atoms with E-state index in [4.69, 9.17) is 5.73 Å². The molecule has 0 aliphatic carbocycles. The van der Waals surface area contributed by atoms with Gasteiger partial charge in [-0.1, -0.05) is 6.92 Å². The Bertz CT molecular complexity index is 480. The van der Waals surface area contributed by atoms with Crippen LogP contribution in [0, 0.1) is 5.82 Å². The summed E-state index contributed by atoms with van der Waals surface area (Å²) < 4.78 is 13.0. The Morgan fingerprint density at radius 3 is 2.45 bits per heavy atom. The van der Waals surface area contributed by atoms with Gasteiger partial charge < -0.3 is 20.4 Å². The highest BCUT2D eigenvalue weighted by Gasteiger charge is 2.18. The fraction of sp³-hybridized carbons (Fsp3) is 0.562. The molecule has 0 radical (unpaired) electrons. The summed E-state index contributed by atoms with van der Waals surface area (Å²) in [5, 5.41) is 0. The van der Waals surface area contributed by atoms with Crippen molar-refractivity contribution >= 4 is 11.6 Å². The fourth-order valence-electron chi connectivity index (χ4n) is 2.44. The normalized spacial score (nSPS) is 16.5. The zero-order valence-electron chi connectivity index (χ0n) is 13.5. The van der Waals surface area contributed by atoms with E-state index in [0.717, 1.165) is 51.5 Å². The van der Waals surface area contributed by atoms with E-state index in [2.05, 4.69) is 33.7 Å². The first-order chi connectivity index (χ1) is 10.6. The Morgan fingerprint density at radius 2 is 1.86 bits per heavy atom. The SMILES string of the molecule is CCN(C)CCN=C(N)N1CCN(c2ccc(F)cc2)CC1. The Hall–Kier alpha value is -1.82. The number of anilines is 1. The van der Waals surface area contributed by atoms with Crippen molar-refractivity contribution in [3.05, 3.63) is 30.1 Å². The van der Waals surface area contributed by atoms with Crippen LogP contribution in [-0.2, 0) is 0 Å². The maximum absolute atomic E-state index is 13.0. The van der Waals surface area contributed by atoms with Crippen molar-refractivity contribution < 1.29 is 4.39 Å². The van der Waals surface area contributed by atoms with Crippen molar-refractivity contribution in [2.24, 2.45) is 10.7 Å². The standard InChI is InChI=1S/C16H26FN5/c1-3-20(2)9-8-19-16(18)22-12-10-21(11-13-22)15-6-4-14(17)5-7-15/h4-7H,3,8-13H2,1-2H3,(H2,18,19). The highest BCUT2D eigenvalue weighted by Crippen LogP contribution is 2.16. The summed E-state index contributed by atoms with van der Waals surface area (Å²) >= 11 is 0. The summed E-state index contributed by atoms with van der Waals surface area (Å²) in [7, 11) is 2.08. The van der Waals surface area contributed by atoms with Gasteiger partial charge in [-0.15, -0.1) is 0 Å². The van der Waals surface area contributed by atoms with Gasteiger partial charge in [0.15, 0.2) is 5.96 Å². The van der Waals surface area contributed by atoms with Gasteiger partial charge >= 0.3 is 0 Å². The van der Waals surface area contributed by atoms with Crippen molar-refractivity contribution in [2.75, 3.05) is 57.8 Å². The zero-order valence-corrected chi connectivity index (χ0v) is 13.5. The van der Waals surface area contributed by atoms with Crippen molar-refractivity contribution in [1.29, 1.82) is 0 Å². The number of guanidine groups is 1. The van der Waals surface area contributed by atoms with Gasteiger partial charge in [-0.2, -0.15) is 0 Å². The van der Waals surface area contributed by atoms with Crippen LogP contribution in [-0.4, -0.2) is 68.6 Å². The quantitative estimate of drug-likeness (QED) is 0.656. The van der Waals surface area contributed by atoms with Crippen LogP contribution in [0.15, 0.2) is 29.3 Å². The first-order valence-corrected chi connectivity index (χ1v) is 7.84. The Balaban J connectivity index is 1.81. The summed E-state index contributed by atoms with van der Waals surface area (Å²) in [6.45, 7) is 8.23. The molecule has 0 aromatic heterocycles. The van der Waals surface area contributed by atoms with Crippen LogP contribution in [0.3, 0.4) is 0 Å². The maximum atomic E-state index is 13.0. The van der Waals surface area contributed by atoms with Crippen LogP contribution in [0.1, 0.15) is 6.92 Å². The van der Waals surface area contributed by atoms with Gasteiger partial charge in [-0.3, -0.25) is 4.99 Å². The van der Waals surface area contributed by atoms with Crippen molar-refractivity contribution in [2.45, 2.75) is 6.92 Å². The number of benzene rings is 1. The molecule has 1 aliphatic rings. The molecule has 1 fully saturated rings. The summed E-state index contributed by atoms with van der Waals surface area (Å²) in [5.74, 6) is 0.430. The molecule has 0 bridgehead atoms. The lowest BCUT2D eigenvalue weighted by Gasteiger charge is -2.36. The molecular weight excluding hydrogens is 281 g/mol. The minimum absolute atomic E-state index is 0.198. The van der Waals surface area contributed by atoms with Gasteiger partial charge in [0, 0.05) is 38.4 Å². The molecule has 0 saturated carbocycles. The monoisotopic (exact) mass is 307 g/mol. The molecule has 2 rings (SSSR count). The summed E-state index contributed by atoms with van der Waals surface area (Å²) in [6, 6.07) is 6.65. The molecule has 5 nitrogen and oxygen atoms in total. The van der Waals surface area contributed by atoms with Crippen LogP contribution >= 0.6 is 0 Å². The van der Waals surface area contributed by atoms with E-state index in [1.165, 1.54) is 12.1 Å². The maximum Gasteiger partial charge on any atom is 0.191 e. The number of hydrogen-bond donors (Lipinski definition) is 1. The van der Waals surface area contributed by atoms with Crippen molar-refractivity contribution in [3.8, 4) is 0 Å². The van der Waals surface area contributed by atoms with Crippen LogP contribution in [0.5, 0.6) is 0 Å². The third-order valence-electron chi connectivity index (χ3n) is 4.09. The predicted molar refractivity (Wildman–Crippen MR) is 89.8 cm³/mol. The predicted octanol–water partition coefficient (Wildman–Crippen LogP) is 1.21. The summed E-state index contributed by atoms with van der Waals surface area (Å²) in [6.07, 6.45) is 0. The Morgan fingerprint density at radius 1 is 1.23 bits per heavy atom. The molecule has 1 saturated heterocycles. The number of aliphatic imine (C=N–C) groups is 1. The highest BCUT2D eigenvalue weighted by atomic mass is 19.1. The number of rotatable bonds is 5. The van der Waals surface area contributed by atoms with E-state index in [-0.39, 0.29) is 5.82 Å². The average molecular weight is 307 g/mol. The van der Waals surface area contributed by atoms with E-state index >= 15 is 0 Å². The van der Waals surface area contributed by atoms with Gasteiger partial charge in [0.25, 0.3) is 0 Å². The fourth-order valence-corrected chi connectivity index (χ4v) is 2.44. The molecule has 0 unspecified atom stereocenters. The van der Waals surface area contributed by atoms with Crippen molar-refractivity contribution in [1.82, 2.24) is 9.80 Å². The largest absolute Gasteiger partial charge is 0.370 e. The number of nitrogens with zero attached hydrogens (tertiary/aromatic N) is 4. The van der Waals surface area contributed by atoms with Gasteiger partial charge in [0.2, 0.25) is 0 Å². The van der Waals surface area contributed by atoms with Gasteiger partial charge in [0.1, 0.15) is 5.82 Å². The molecule has 0 spiro atoms. The van der Waals surface area contributed by atoms with Crippen LogP contribution in [0.4, 0.5) is 10.1 Å². The van der Waals surface area contributed by atoms with Crippen molar-refractivity contribution in [3.63, 3.8) is 0 Å². The molecule has 1 aromatic rings. The van der Waals surface area contributed by atoms with Crippen LogP contribution in [0.25, 0.3) is 0 Å². The Kier molecular flexibility index (Phi) is 6.00. The molecule has 1 aliphatic heterocycles. The van der Waals surface area contributed by atoms with E-state index in [1.807, 2.05) is 12.1 Å². The first-order valence-electron chi connectivity index (χ1n) is 7.84. The highest BCUT2D eigenvalue weighted by molar-refractivity contribution is 5.78. The molecule has 1 aromatic carbocycles. The number of likely N-dealkylation sites (N-methyl/N-ethyl adjacent to an activating group) is 1. The molecule has 0 atom stereocenters. The first kappa shape index (κ1) is 16.5. The van der Waals surface area contributed by atoms with Gasteiger partial charge in [-0.05, 0) is 37.9 Å². The van der Waals surface area contributed by atoms with E-state index in [0.29, 0.717) is 5.96 Å². The second kappa shape index (κ2) is 7.98. The average Bonchev–Trinajstić information content (AvgIpc) is 2.55. The molecule has 6 heteroatoms. The lowest BCUT2D eigenvalue weighted by Crippen LogP contribution is -2.51. The smallest absolute Gasteiger partial charge is 0.191 e. The minimum atomic E-state index is -0.198. The molecule has 0 amide bonds. The molecule has 2 N–H and O–H groups in total. The minimum Gasteiger partial charge on any atom is -0.370 e. The topological polar surface area (TPSA) is 48.1 Å².